The summed E-state index contributed by atoms with van der Waals surface area (Å²) in [6.07, 6.45) is 1.57. The van der Waals surface area contributed by atoms with E-state index in [2.05, 4.69) is 26.6 Å². The van der Waals surface area contributed by atoms with Gasteiger partial charge >= 0.3 is 12.0 Å². The van der Waals surface area contributed by atoms with Crippen LogP contribution in [0.2, 0.25) is 0 Å². The second-order valence-corrected chi connectivity index (χ2v) is 6.90. The molecule has 20 heavy (non-hydrogen) atoms. The number of amides is 2. The monoisotopic (exact) mass is 362 g/mol. The lowest BCUT2D eigenvalue weighted by Crippen LogP contribution is -2.35. The number of anilines is 1. The van der Waals surface area contributed by atoms with Crippen molar-refractivity contribution in [3.05, 3.63) is 28.2 Å². The van der Waals surface area contributed by atoms with Gasteiger partial charge < -0.3 is 15.7 Å². The topological polar surface area (TPSA) is 95.5 Å². The fourth-order valence-electron chi connectivity index (χ4n) is 1.31. The maximum Gasteiger partial charge on any atom is 0.335 e. The van der Waals surface area contributed by atoms with Gasteiger partial charge in [-0.25, -0.2) is 9.59 Å². The van der Waals surface area contributed by atoms with E-state index in [4.69, 9.17) is 5.11 Å². The summed E-state index contributed by atoms with van der Waals surface area (Å²) in [5.41, 5.74) is 0.428. The minimum atomic E-state index is -1.08. The predicted molar refractivity (Wildman–Crippen MR) is 81.7 cm³/mol. The Bertz CT molecular complexity index is 550. The normalized spacial score (nSPS) is 13.3. The Morgan fingerprint density at radius 1 is 1.40 bits per heavy atom. The lowest BCUT2D eigenvalue weighted by molar-refractivity contribution is 0.0697. The van der Waals surface area contributed by atoms with Crippen LogP contribution in [0.5, 0.6) is 0 Å². The van der Waals surface area contributed by atoms with Crippen LogP contribution in [0.4, 0.5) is 10.5 Å². The van der Waals surface area contributed by atoms with Crippen molar-refractivity contribution in [1.29, 1.82) is 0 Å². The molecular weight excluding hydrogens is 348 g/mol. The van der Waals surface area contributed by atoms with E-state index in [-0.39, 0.29) is 17.4 Å². The highest BCUT2D eigenvalue weighted by molar-refractivity contribution is 9.10. The van der Waals surface area contributed by atoms with Crippen LogP contribution in [0.15, 0.2) is 22.7 Å². The zero-order valence-corrected chi connectivity index (χ0v) is 13.4. The van der Waals surface area contributed by atoms with Crippen molar-refractivity contribution in [2.75, 3.05) is 18.1 Å². The first-order valence-corrected chi connectivity index (χ1v) is 8.12. The number of carboxylic acids is 1. The number of carboxylic acid groups (broad SMARTS) is 1. The summed E-state index contributed by atoms with van der Waals surface area (Å²) in [6, 6.07) is 3.91. The summed E-state index contributed by atoms with van der Waals surface area (Å²) in [7, 11) is -1.01. The fraction of sp³-hybridized carbons (Fsp3) is 0.333. The molecule has 2 atom stereocenters. The number of rotatable bonds is 5. The Labute approximate surface area is 127 Å². The van der Waals surface area contributed by atoms with E-state index in [9.17, 15) is 13.8 Å². The molecule has 0 saturated heterocycles. The van der Waals surface area contributed by atoms with E-state index in [0.717, 1.165) is 0 Å². The first-order chi connectivity index (χ1) is 9.29. The Morgan fingerprint density at radius 3 is 2.60 bits per heavy atom. The largest absolute Gasteiger partial charge is 0.478 e. The number of hydrogen-bond donors (Lipinski definition) is 3. The molecule has 0 aliphatic rings. The van der Waals surface area contributed by atoms with Crippen molar-refractivity contribution in [3.8, 4) is 0 Å². The second-order valence-electron chi connectivity index (χ2n) is 4.18. The molecule has 2 unspecified atom stereocenters. The van der Waals surface area contributed by atoms with Crippen LogP contribution < -0.4 is 10.6 Å². The molecule has 1 aromatic carbocycles. The summed E-state index contributed by atoms with van der Waals surface area (Å²) in [5.74, 6) is -1.08. The zero-order chi connectivity index (χ0) is 15.3. The quantitative estimate of drug-likeness (QED) is 0.746. The van der Waals surface area contributed by atoms with Gasteiger partial charge in [0.2, 0.25) is 0 Å². The molecular formula is C12H15BrN2O4S. The second kappa shape index (κ2) is 7.39. The van der Waals surface area contributed by atoms with Gasteiger partial charge in [-0.05, 0) is 25.1 Å². The van der Waals surface area contributed by atoms with Gasteiger partial charge in [-0.3, -0.25) is 4.21 Å². The lowest BCUT2D eigenvalue weighted by Gasteiger charge is -2.11. The highest BCUT2D eigenvalue weighted by Gasteiger charge is 2.10. The van der Waals surface area contributed by atoms with E-state index < -0.39 is 22.8 Å². The molecule has 0 aliphatic carbocycles. The van der Waals surface area contributed by atoms with Crippen LogP contribution >= 0.6 is 15.9 Å². The Morgan fingerprint density at radius 2 is 2.05 bits per heavy atom. The number of hydrogen-bond acceptors (Lipinski definition) is 3. The number of urea groups is 1. The third kappa shape index (κ3) is 5.30. The maximum absolute atomic E-state index is 11.6. The average Bonchev–Trinajstić information content (AvgIpc) is 2.34. The van der Waals surface area contributed by atoms with Crippen molar-refractivity contribution < 1.29 is 18.9 Å². The first kappa shape index (κ1) is 16.6. The van der Waals surface area contributed by atoms with Gasteiger partial charge in [-0.1, -0.05) is 15.9 Å². The van der Waals surface area contributed by atoms with Gasteiger partial charge in [0.05, 0.1) is 5.56 Å². The first-order valence-electron chi connectivity index (χ1n) is 5.70. The molecule has 0 saturated carbocycles. The maximum atomic E-state index is 11.6. The molecule has 1 rings (SSSR count). The number of carbonyl (C=O) groups is 2. The molecule has 1 aromatic rings. The molecule has 2 amide bonds. The van der Waals surface area contributed by atoms with Crippen molar-refractivity contribution in [2.24, 2.45) is 0 Å². The molecule has 6 nitrogen and oxygen atoms in total. The molecule has 3 N–H and O–H groups in total. The summed E-state index contributed by atoms with van der Waals surface area (Å²) in [5, 5.41) is 13.9. The minimum absolute atomic E-state index is 0.0673. The van der Waals surface area contributed by atoms with E-state index in [0.29, 0.717) is 10.2 Å². The average molecular weight is 363 g/mol. The summed E-state index contributed by atoms with van der Waals surface area (Å²) in [4.78, 5) is 22.5. The van der Waals surface area contributed by atoms with Crippen molar-refractivity contribution in [1.82, 2.24) is 5.32 Å². The van der Waals surface area contributed by atoms with Crippen molar-refractivity contribution >= 4 is 44.4 Å². The van der Waals surface area contributed by atoms with Gasteiger partial charge in [0.25, 0.3) is 0 Å². The smallest absolute Gasteiger partial charge is 0.335 e. The number of halogens is 1. The molecule has 0 fully saturated rings. The Balaban J connectivity index is 2.66. The number of nitrogens with one attached hydrogen (secondary N) is 2. The molecule has 0 aliphatic heterocycles. The van der Waals surface area contributed by atoms with Crippen LogP contribution in [0.3, 0.4) is 0 Å². The molecule has 8 heteroatoms. The number of benzene rings is 1. The number of carbonyl (C=O) groups excluding carboxylic acids is 1. The van der Waals surface area contributed by atoms with Crippen LogP contribution in [-0.2, 0) is 10.8 Å². The highest BCUT2D eigenvalue weighted by atomic mass is 79.9. The molecule has 0 bridgehead atoms. The van der Waals surface area contributed by atoms with Crippen LogP contribution in [-0.4, -0.2) is 39.4 Å². The van der Waals surface area contributed by atoms with E-state index >= 15 is 0 Å². The van der Waals surface area contributed by atoms with Crippen molar-refractivity contribution in [2.45, 2.75) is 12.2 Å². The fourth-order valence-corrected chi connectivity index (χ4v) is 2.13. The van der Waals surface area contributed by atoms with Crippen LogP contribution in [0, 0.1) is 0 Å². The van der Waals surface area contributed by atoms with Gasteiger partial charge in [0.15, 0.2) is 0 Å². The SMILES string of the molecule is CC(CNC(=O)Nc1cc(Br)cc(C(=O)O)c1)S(C)=O. The van der Waals surface area contributed by atoms with Gasteiger partial charge in [-0.15, -0.1) is 0 Å². The molecule has 0 radical (unpaired) electrons. The van der Waals surface area contributed by atoms with E-state index in [1.54, 1.807) is 19.2 Å². The zero-order valence-electron chi connectivity index (χ0n) is 11.0. The van der Waals surface area contributed by atoms with E-state index in [1.165, 1.54) is 12.1 Å². The lowest BCUT2D eigenvalue weighted by atomic mass is 10.2. The summed E-state index contributed by atoms with van der Waals surface area (Å²) < 4.78 is 11.7. The number of aromatic carboxylic acids is 1. The predicted octanol–water partition coefficient (Wildman–Crippen LogP) is 2.04. The van der Waals surface area contributed by atoms with Gasteiger partial charge in [0.1, 0.15) is 0 Å². The molecule has 0 aromatic heterocycles. The standard InChI is InChI=1S/C12H15BrN2O4S/c1-7(20(2)19)6-14-12(18)15-10-4-8(11(16)17)3-9(13)5-10/h3-5,7H,6H2,1-2H3,(H,16,17)(H2,14,15,18). The van der Waals surface area contributed by atoms with Gasteiger partial charge in [0, 0.05) is 39.0 Å². The molecule has 0 heterocycles. The molecule has 0 spiro atoms. The van der Waals surface area contributed by atoms with Crippen LogP contribution in [0.25, 0.3) is 0 Å². The van der Waals surface area contributed by atoms with Crippen molar-refractivity contribution in [3.63, 3.8) is 0 Å². The Kier molecular flexibility index (Phi) is 6.15. The minimum Gasteiger partial charge on any atom is -0.478 e. The third-order valence-corrected chi connectivity index (χ3v) is 4.28. The van der Waals surface area contributed by atoms with E-state index in [1.807, 2.05) is 0 Å². The highest BCUT2D eigenvalue weighted by Crippen LogP contribution is 2.19. The van der Waals surface area contributed by atoms with Crippen LogP contribution in [0.1, 0.15) is 17.3 Å². The third-order valence-electron chi connectivity index (χ3n) is 2.52. The van der Waals surface area contributed by atoms with Gasteiger partial charge in [-0.2, -0.15) is 0 Å². The summed E-state index contributed by atoms with van der Waals surface area (Å²) >= 11 is 3.18. The summed E-state index contributed by atoms with van der Waals surface area (Å²) in [6.45, 7) is 2.03. The molecule has 110 valence electrons. The Hall–Kier alpha value is -1.41.